The fourth-order valence-corrected chi connectivity index (χ4v) is 3.42. The smallest absolute Gasteiger partial charge is 0.186 e. The Bertz CT molecular complexity index is 516. The molecule has 0 bridgehead atoms. The van der Waals surface area contributed by atoms with Gasteiger partial charge in [-0.05, 0) is 44.5 Å². The van der Waals surface area contributed by atoms with Gasteiger partial charge >= 0.3 is 0 Å². The number of hydrogen-bond acceptors (Lipinski definition) is 4. The summed E-state index contributed by atoms with van der Waals surface area (Å²) in [5.41, 5.74) is 0. The summed E-state index contributed by atoms with van der Waals surface area (Å²) in [6.45, 7) is 4.64. The van der Waals surface area contributed by atoms with E-state index in [1.165, 1.54) is 9.75 Å². The highest BCUT2D eigenvalue weighted by Crippen LogP contribution is 2.24. The number of thiophene rings is 2. The second kappa shape index (κ2) is 5.78. The standard InChI is InChI=1S/C14H17NOS2/c1-10-6-7-14(18-10)12(16)9-15(3)11(2)13-5-4-8-17-13/h4-8,11H,9H2,1-3H3. The van der Waals surface area contributed by atoms with Crippen molar-refractivity contribution in [3.63, 3.8) is 0 Å². The van der Waals surface area contributed by atoms with Crippen LogP contribution in [0.1, 0.15) is 32.4 Å². The molecule has 18 heavy (non-hydrogen) atoms. The molecule has 0 spiro atoms. The van der Waals surface area contributed by atoms with E-state index in [0.29, 0.717) is 6.54 Å². The highest BCUT2D eigenvalue weighted by Gasteiger charge is 2.17. The average molecular weight is 279 g/mol. The number of likely N-dealkylation sites (N-methyl/N-ethyl adjacent to an activating group) is 1. The van der Waals surface area contributed by atoms with Gasteiger partial charge in [0.25, 0.3) is 0 Å². The molecule has 0 aliphatic rings. The van der Waals surface area contributed by atoms with Gasteiger partial charge in [0.2, 0.25) is 0 Å². The van der Waals surface area contributed by atoms with Crippen LogP contribution >= 0.6 is 22.7 Å². The molecule has 96 valence electrons. The van der Waals surface area contributed by atoms with Crippen LogP contribution in [0.25, 0.3) is 0 Å². The van der Waals surface area contributed by atoms with Crippen molar-refractivity contribution in [1.29, 1.82) is 0 Å². The zero-order valence-electron chi connectivity index (χ0n) is 10.8. The third-order valence-electron chi connectivity index (χ3n) is 3.02. The maximum absolute atomic E-state index is 12.1. The van der Waals surface area contributed by atoms with Gasteiger partial charge in [-0.15, -0.1) is 22.7 Å². The number of ketones is 1. The lowest BCUT2D eigenvalue weighted by Gasteiger charge is -2.22. The van der Waals surface area contributed by atoms with E-state index in [1.807, 2.05) is 26.1 Å². The zero-order valence-corrected chi connectivity index (χ0v) is 12.5. The summed E-state index contributed by atoms with van der Waals surface area (Å²) in [4.78, 5) is 17.6. The van der Waals surface area contributed by atoms with Gasteiger partial charge in [-0.3, -0.25) is 9.69 Å². The Labute approximate surface area is 116 Å². The Morgan fingerprint density at radius 2 is 2.17 bits per heavy atom. The maximum atomic E-state index is 12.1. The monoisotopic (exact) mass is 279 g/mol. The van der Waals surface area contributed by atoms with Crippen LogP contribution in [0.15, 0.2) is 29.6 Å². The maximum Gasteiger partial charge on any atom is 0.186 e. The molecule has 2 rings (SSSR count). The summed E-state index contributed by atoms with van der Waals surface area (Å²) in [6, 6.07) is 8.38. The minimum absolute atomic E-state index is 0.207. The fraction of sp³-hybridized carbons (Fsp3) is 0.357. The summed E-state index contributed by atoms with van der Waals surface area (Å²) in [5.74, 6) is 0.207. The molecule has 0 aliphatic carbocycles. The van der Waals surface area contributed by atoms with Crippen LogP contribution in [0.2, 0.25) is 0 Å². The van der Waals surface area contributed by atoms with Gasteiger partial charge in [0.15, 0.2) is 5.78 Å². The number of carbonyl (C=O) groups is 1. The van der Waals surface area contributed by atoms with Crippen molar-refractivity contribution in [1.82, 2.24) is 4.90 Å². The number of Topliss-reactive ketones (excluding diaryl/α,β-unsaturated/α-hetero) is 1. The van der Waals surface area contributed by atoms with Crippen molar-refractivity contribution < 1.29 is 4.79 Å². The van der Waals surface area contributed by atoms with E-state index < -0.39 is 0 Å². The molecule has 1 unspecified atom stereocenters. The average Bonchev–Trinajstić information content (AvgIpc) is 2.98. The van der Waals surface area contributed by atoms with Crippen LogP contribution in [-0.2, 0) is 0 Å². The molecule has 0 N–H and O–H groups in total. The van der Waals surface area contributed by atoms with Crippen LogP contribution in [-0.4, -0.2) is 24.3 Å². The lowest BCUT2D eigenvalue weighted by atomic mass is 10.2. The van der Waals surface area contributed by atoms with E-state index >= 15 is 0 Å². The zero-order chi connectivity index (χ0) is 13.1. The Morgan fingerprint density at radius 1 is 1.39 bits per heavy atom. The summed E-state index contributed by atoms with van der Waals surface area (Å²) in [6.07, 6.45) is 0. The van der Waals surface area contributed by atoms with Gasteiger partial charge < -0.3 is 0 Å². The summed E-state index contributed by atoms with van der Waals surface area (Å²) in [7, 11) is 2.00. The van der Waals surface area contributed by atoms with Crippen molar-refractivity contribution in [2.24, 2.45) is 0 Å². The van der Waals surface area contributed by atoms with E-state index in [9.17, 15) is 4.79 Å². The molecule has 2 aromatic heterocycles. The molecule has 0 saturated heterocycles. The van der Waals surface area contributed by atoms with E-state index in [4.69, 9.17) is 0 Å². The minimum Gasteiger partial charge on any atom is -0.292 e. The molecule has 2 nitrogen and oxygen atoms in total. The Morgan fingerprint density at radius 3 is 2.72 bits per heavy atom. The Balaban J connectivity index is 1.99. The predicted molar refractivity (Wildman–Crippen MR) is 78.8 cm³/mol. The second-order valence-electron chi connectivity index (χ2n) is 4.44. The molecular formula is C14H17NOS2. The highest BCUT2D eigenvalue weighted by molar-refractivity contribution is 7.14. The number of aryl methyl sites for hydroxylation is 1. The molecule has 0 fully saturated rings. The molecular weight excluding hydrogens is 262 g/mol. The first-order valence-corrected chi connectivity index (χ1v) is 7.61. The van der Waals surface area contributed by atoms with Crippen molar-refractivity contribution in [2.75, 3.05) is 13.6 Å². The first kappa shape index (κ1) is 13.5. The van der Waals surface area contributed by atoms with Gasteiger partial charge in [-0.2, -0.15) is 0 Å². The minimum atomic E-state index is 0.207. The largest absolute Gasteiger partial charge is 0.292 e. The van der Waals surface area contributed by atoms with E-state index in [0.717, 1.165) is 4.88 Å². The molecule has 0 saturated carbocycles. The second-order valence-corrected chi connectivity index (χ2v) is 6.71. The molecule has 2 aromatic rings. The number of carbonyl (C=O) groups excluding carboxylic acids is 1. The summed E-state index contributed by atoms with van der Waals surface area (Å²) >= 11 is 3.31. The molecule has 0 aromatic carbocycles. The number of hydrogen-bond donors (Lipinski definition) is 0. The Hall–Kier alpha value is -0.970. The van der Waals surface area contributed by atoms with Crippen LogP contribution in [0, 0.1) is 6.92 Å². The topological polar surface area (TPSA) is 20.3 Å². The number of nitrogens with zero attached hydrogens (tertiary/aromatic N) is 1. The SMILES string of the molecule is Cc1ccc(C(=O)CN(C)C(C)c2cccs2)s1. The first-order chi connectivity index (χ1) is 8.58. The Kier molecular flexibility index (Phi) is 4.32. The lowest BCUT2D eigenvalue weighted by molar-refractivity contribution is 0.0930. The third kappa shape index (κ3) is 3.07. The molecule has 2 heterocycles. The molecule has 1 atom stereocenters. The molecule has 4 heteroatoms. The van der Waals surface area contributed by atoms with Gasteiger partial charge in [0, 0.05) is 15.8 Å². The van der Waals surface area contributed by atoms with Crippen molar-refractivity contribution in [3.8, 4) is 0 Å². The van der Waals surface area contributed by atoms with Crippen molar-refractivity contribution in [3.05, 3.63) is 44.3 Å². The van der Waals surface area contributed by atoms with Crippen molar-refractivity contribution >= 4 is 28.5 Å². The van der Waals surface area contributed by atoms with Gasteiger partial charge in [-0.25, -0.2) is 0 Å². The van der Waals surface area contributed by atoms with Crippen LogP contribution in [0.3, 0.4) is 0 Å². The van der Waals surface area contributed by atoms with Crippen molar-refractivity contribution in [2.45, 2.75) is 19.9 Å². The van der Waals surface area contributed by atoms with E-state index in [2.05, 4.69) is 29.3 Å². The highest BCUT2D eigenvalue weighted by atomic mass is 32.1. The molecule has 0 aliphatic heterocycles. The van der Waals surface area contributed by atoms with E-state index in [-0.39, 0.29) is 11.8 Å². The van der Waals surface area contributed by atoms with Crippen LogP contribution in [0.5, 0.6) is 0 Å². The van der Waals surface area contributed by atoms with Gasteiger partial charge in [0.1, 0.15) is 0 Å². The summed E-state index contributed by atoms with van der Waals surface area (Å²) in [5, 5.41) is 2.07. The molecule has 0 amide bonds. The van der Waals surface area contributed by atoms with Crippen LogP contribution < -0.4 is 0 Å². The van der Waals surface area contributed by atoms with Gasteiger partial charge in [0.05, 0.1) is 11.4 Å². The predicted octanol–water partition coefficient (Wildman–Crippen LogP) is 3.99. The quantitative estimate of drug-likeness (QED) is 0.771. The summed E-state index contributed by atoms with van der Waals surface area (Å²) < 4.78 is 0. The third-order valence-corrected chi connectivity index (χ3v) is 5.11. The normalized spacial score (nSPS) is 12.9. The lowest BCUT2D eigenvalue weighted by Crippen LogP contribution is -2.28. The molecule has 0 radical (unpaired) electrons. The van der Waals surface area contributed by atoms with Gasteiger partial charge in [-0.1, -0.05) is 6.07 Å². The van der Waals surface area contributed by atoms with Crippen LogP contribution in [0.4, 0.5) is 0 Å². The van der Waals surface area contributed by atoms with E-state index in [1.54, 1.807) is 22.7 Å². The first-order valence-electron chi connectivity index (χ1n) is 5.91. The number of rotatable bonds is 5. The fourth-order valence-electron chi connectivity index (χ4n) is 1.77.